The quantitative estimate of drug-likeness (QED) is 0.171. The Morgan fingerprint density at radius 2 is 1.29 bits per heavy atom. The second kappa shape index (κ2) is 22.1. The molecule has 0 atom stereocenters. The zero-order chi connectivity index (χ0) is 27.1. The zero-order valence-corrected chi connectivity index (χ0v) is 22.7. The van der Waals surface area contributed by atoms with E-state index in [1.807, 2.05) is 97.3 Å². The topological polar surface area (TPSA) is 56.5 Å². The standard InChI is InChI=1S/C16H14O2.C8H10NO2.3C2H6/c1-18-16-10-6-5-9-14(16)11-12-15(17)13-7-3-2-4-8-13;1-9-5-3-4-7(6-9)8(10)11-2;3*1-2/h2-12H,1H3;3-6H,1-2H3;3*1-2H3/q;+1;;;. The van der Waals surface area contributed by atoms with Crippen LogP contribution in [-0.4, -0.2) is 26.0 Å². The van der Waals surface area contributed by atoms with Crippen molar-refractivity contribution in [3.05, 3.63) is 102 Å². The van der Waals surface area contributed by atoms with Crippen molar-refractivity contribution in [2.75, 3.05) is 14.2 Å². The third-order valence-corrected chi connectivity index (χ3v) is 3.97. The number of esters is 1. The first-order chi connectivity index (χ1) is 17.0. The van der Waals surface area contributed by atoms with Crippen LogP contribution < -0.4 is 9.30 Å². The lowest BCUT2D eigenvalue weighted by Crippen LogP contribution is -2.27. The molecule has 5 nitrogen and oxygen atoms in total. The normalized spacial score (nSPS) is 8.83. The van der Waals surface area contributed by atoms with Crippen molar-refractivity contribution in [1.29, 1.82) is 0 Å². The fourth-order valence-corrected chi connectivity index (χ4v) is 2.49. The summed E-state index contributed by atoms with van der Waals surface area (Å²) < 4.78 is 11.6. The first kappa shape index (κ1) is 33.4. The summed E-state index contributed by atoms with van der Waals surface area (Å²) in [6.07, 6.45) is 6.90. The van der Waals surface area contributed by atoms with Crippen molar-refractivity contribution < 1.29 is 23.6 Å². The van der Waals surface area contributed by atoms with Gasteiger partial charge in [-0.2, -0.15) is 0 Å². The highest BCUT2D eigenvalue weighted by atomic mass is 16.5. The number of nitrogens with zero attached hydrogens (tertiary/aromatic N) is 1. The van der Waals surface area contributed by atoms with E-state index < -0.39 is 0 Å². The van der Waals surface area contributed by atoms with Crippen LogP contribution in [0, 0.1) is 0 Å². The molecule has 0 fully saturated rings. The van der Waals surface area contributed by atoms with Gasteiger partial charge >= 0.3 is 5.97 Å². The van der Waals surface area contributed by atoms with Crippen LogP contribution >= 0.6 is 0 Å². The fraction of sp³-hybridized carbons (Fsp3) is 0.300. The highest BCUT2D eigenvalue weighted by Gasteiger charge is 2.07. The Bertz CT molecular complexity index is 982. The predicted molar refractivity (Wildman–Crippen MR) is 146 cm³/mol. The van der Waals surface area contributed by atoms with E-state index in [1.54, 1.807) is 54.3 Å². The molecule has 0 saturated heterocycles. The molecule has 190 valence electrons. The summed E-state index contributed by atoms with van der Waals surface area (Å²) in [5.74, 6) is 0.442. The van der Waals surface area contributed by atoms with Crippen LogP contribution in [0.3, 0.4) is 0 Å². The molecule has 0 unspecified atom stereocenters. The minimum Gasteiger partial charge on any atom is -0.496 e. The third-order valence-electron chi connectivity index (χ3n) is 3.97. The number of allylic oxidation sites excluding steroid dienone is 1. The molecule has 3 aromatic rings. The molecule has 0 N–H and O–H groups in total. The molecule has 1 heterocycles. The van der Waals surface area contributed by atoms with E-state index in [2.05, 4.69) is 4.74 Å². The Labute approximate surface area is 212 Å². The third kappa shape index (κ3) is 13.5. The highest BCUT2D eigenvalue weighted by molar-refractivity contribution is 6.06. The molecular weight excluding hydrogens is 438 g/mol. The maximum absolute atomic E-state index is 11.9. The van der Waals surface area contributed by atoms with Gasteiger partial charge in [-0.3, -0.25) is 4.79 Å². The molecular formula is C30H42NO4+. The van der Waals surface area contributed by atoms with Crippen LogP contribution in [-0.2, 0) is 11.8 Å². The van der Waals surface area contributed by atoms with Gasteiger partial charge in [0.25, 0.3) is 0 Å². The smallest absolute Gasteiger partial charge is 0.343 e. The largest absolute Gasteiger partial charge is 0.496 e. The minimum atomic E-state index is -0.304. The minimum absolute atomic E-state index is 0.0125. The summed E-state index contributed by atoms with van der Waals surface area (Å²) in [7, 11) is 4.84. The van der Waals surface area contributed by atoms with Crippen molar-refractivity contribution >= 4 is 17.8 Å². The molecule has 0 aliphatic carbocycles. The Balaban J connectivity index is 0. The lowest BCUT2D eigenvalue weighted by Gasteiger charge is -2.03. The van der Waals surface area contributed by atoms with Gasteiger partial charge in [0.15, 0.2) is 18.2 Å². The molecule has 3 rings (SSSR count). The van der Waals surface area contributed by atoms with Crippen LogP contribution in [0.2, 0.25) is 0 Å². The van der Waals surface area contributed by atoms with E-state index in [9.17, 15) is 9.59 Å². The zero-order valence-electron chi connectivity index (χ0n) is 22.7. The molecule has 0 bridgehead atoms. The molecule has 35 heavy (non-hydrogen) atoms. The van der Waals surface area contributed by atoms with Crippen LogP contribution in [0.25, 0.3) is 6.08 Å². The van der Waals surface area contributed by atoms with Crippen molar-refractivity contribution in [1.82, 2.24) is 0 Å². The summed E-state index contributed by atoms with van der Waals surface area (Å²) >= 11 is 0. The fourth-order valence-electron chi connectivity index (χ4n) is 2.49. The monoisotopic (exact) mass is 480 g/mol. The molecule has 0 radical (unpaired) electrons. The van der Waals surface area contributed by atoms with Gasteiger partial charge in [-0.05, 0) is 24.3 Å². The number of ketones is 1. The van der Waals surface area contributed by atoms with Gasteiger partial charge < -0.3 is 9.47 Å². The lowest BCUT2D eigenvalue weighted by molar-refractivity contribution is -0.671. The summed E-state index contributed by atoms with van der Waals surface area (Å²) in [4.78, 5) is 22.8. The average Bonchev–Trinajstić information content (AvgIpc) is 2.95. The Hall–Kier alpha value is -3.73. The Kier molecular flexibility index (Phi) is 21.1. The number of methoxy groups -OCH3 is 2. The van der Waals surface area contributed by atoms with Gasteiger partial charge in [-0.1, -0.05) is 90.1 Å². The van der Waals surface area contributed by atoms with Crippen molar-refractivity contribution in [2.45, 2.75) is 41.5 Å². The van der Waals surface area contributed by atoms with Crippen molar-refractivity contribution in [2.24, 2.45) is 7.05 Å². The average molecular weight is 481 g/mol. The maximum atomic E-state index is 11.9. The summed E-state index contributed by atoms with van der Waals surface area (Å²) in [6.45, 7) is 12.0. The lowest BCUT2D eigenvalue weighted by atomic mass is 10.1. The van der Waals surface area contributed by atoms with Gasteiger partial charge in [0.2, 0.25) is 0 Å². The van der Waals surface area contributed by atoms with Crippen LogP contribution in [0.4, 0.5) is 0 Å². The Morgan fingerprint density at radius 1 is 0.743 bits per heavy atom. The number of ether oxygens (including phenoxy) is 2. The molecule has 1 aromatic heterocycles. The highest BCUT2D eigenvalue weighted by Crippen LogP contribution is 2.18. The molecule has 5 heteroatoms. The first-order valence-electron chi connectivity index (χ1n) is 12.0. The predicted octanol–water partition coefficient (Wildman–Crippen LogP) is 6.97. The number of rotatable bonds is 5. The number of aromatic nitrogens is 1. The number of hydrogen-bond donors (Lipinski definition) is 0. The van der Waals surface area contributed by atoms with Crippen molar-refractivity contribution in [3.8, 4) is 5.75 Å². The Morgan fingerprint density at radius 3 is 1.83 bits per heavy atom. The second-order valence-electron chi connectivity index (χ2n) is 6.06. The molecule has 0 aliphatic heterocycles. The number of carbonyl (C=O) groups is 2. The number of benzene rings is 2. The summed E-state index contributed by atoms with van der Waals surface area (Å²) in [6, 6.07) is 20.3. The van der Waals surface area contributed by atoms with Crippen LogP contribution in [0.1, 0.15) is 67.8 Å². The van der Waals surface area contributed by atoms with E-state index in [4.69, 9.17) is 4.74 Å². The second-order valence-corrected chi connectivity index (χ2v) is 6.06. The first-order valence-corrected chi connectivity index (χ1v) is 12.0. The summed E-state index contributed by atoms with van der Waals surface area (Å²) in [5, 5.41) is 0. The van der Waals surface area contributed by atoms with Crippen LogP contribution in [0.5, 0.6) is 5.75 Å². The molecule has 2 aromatic carbocycles. The van der Waals surface area contributed by atoms with Gasteiger partial charge in [0.1, 0.15) is 18.4 Å². The molecule has 0 amide bonds. The molecule has 0 saturated carbocycles. The maximum Gasteiger partial charge on any atom is 0.343 e. The van der Waals surface area contributed by atoms with Crippen LogP contribution in [0.15, 0.2) is 85.2 Å². The van der Waals surface area contributed by atoms with E-state index >= 15 is 0 Å². The summed E-state index contributed by atoms with van der Waals surface area (Å²) in [5.41, 5.74) is 2.14. The van der Waals surface area contributed by atoms with E-state index in [1.165, 1.54) is 7.11 Å². The number of hydrogen-bond acceptors (Lipinski definition) is 4. The number of carbonyl (C=O) groups excluding carboxylic acids is 2. The number of para-hydroxylation sites is 1. The van der Waals surface area contributed by atoms with E-state index in [-0.39, 0.29) is 11.8 Å². The van der Waals surface area contributed by atoms with Gasteiger partial charge in [-0.25, -0.2) is 9.36 Å². The van der Waals surface area contributed by atoms with Gasteiger partial charge in [-0.15, -0.1) is 0 Å². The number of aryl methyl sites for hydroxylation is 1. The SMILES string of the molecule is CC.CC.CC.COC(=O)c1ccc[n+](C)c1.COc1ccccc1C=CC(=O)c1ccccc1. The van der Waals surface area contributed by atoms with Gasteiger partial charge in [0, 0.05) is 17.2 Å². The van der Waals surface area contributed by atoms with Gasteiger partial charge in [0.05, 0.1) is 14.2 Å². The van der Waals surface area contributed by atoms with E-state index in [0.717, 1.165) is 11.3 Å². The molecule has 0 aliphatic rings. The molecule has 0 spiro atoms. The van der Waals surface area contributed by atoms with Crippen molar-refractivity contribution in [3.63, 3.8) is 0 Å². The van der Waals surface area contributed by atoms with E-state index in [0.29, 0.717) is 11.1 Å². The number of pyridine rings is 1.